The van der Waals surface area contributed by atoms with Gasteiger partial charge in [0.25, 0.3) is 0 Å². The van der Waals surface area contributed by atoms with Gasteiger partial charge in [-0.25, -0.2) is 4.39 Å². The van der Waals surface area contributed by atoms with E-state index in [0.717, 1.165) is 11.1 Å². The number of rotatable bonds is 9. The molecule has 8 heteroatoms. The van der Waals surface area contributed by atoms with E-state index in [1.165, 1.54) is 36.3 Å². The Morgan fingerprint density at radius 1 is 1.03 bits per heavy atom. The Morgan fingerprint density at radius 2 is 1.65 bits per heavy atom. The number of nitrogens with one attached hydrogen (secondary N) is 1. The van der Waals surface area contributed by atoms with Gasteiger partial charge in [-0.15, -0.1) is 0 Å². The summed E-state index contributed by atoms with van der Waals surface area (Å²) in [5, 5.41) is 2.97. The van der Waals surface area contributed by atoms with Gasteiger partial charge < -0.3 is 15.0 Å². The molecule has 0 radical (unpaired) electrons. The van der Waals surface area contributed by atoms with Crippen molar-refractivity contribution in [3.8, 4) is 0 Å². The third-order valence-electron chi connectivity index (χ3n) is 7.28. The van der Waals surface area contributed by atoms with Crippen LogP contribution in [0.25, 0.3) is 0 Å². The highest BCUT2D eigenvalue weighted by molar-refractivity contribution is 6.01. The minimum Gasteiger partial charge on any atom is -0.469 e. The number of hydrogen-bond acceptors (Lipinski definition) is 5. The Balaban J connectivity index is 1.72. The number of esters is 1. The topological polar surface area (TPSA) is 92.8 Å². The lowest BCUT2D eigenvalue weighted by Gasteiger charge is -2.45. The van der Waals surface area contributed by atoms with Crippen molar-refractivity contribution in [3.05, 3.63) is 71.0 Å². The smallest absolute Gasteiger partial charge is 0.305 e. The van der Waals surface area contributed by atoms with E-state index >= 15 is 0 Å². The lowest BCUT2D eigenvalue weighted by Crippen LogP contribution is -2.66. The van der Waals surface area contributed by atoms with Crippen molar-refractivity contribution < 1.29 is 28.3 Å². The van der Waals surface area contributed by atoms with Crippen molar-refractivity contribution in [2.24, 2.45) is 11.8 Å². The first-order chi connectivity index (χ1) is 17.7. The van der Waals surface area contributed by atoms with E-state index in [2.05, 4.69) is 10.1 Å². The molecule has 2 aliphatic rings. The maximum atomic E-state index is 14.2. The quantitative estimate of drug-likeness (QED) is 0.523. The fourth-order valence-electron chi connectivity index (χ4n) is 5.48. The Hall–Kier alpha value is -3.55. The summed E-state index contributed by atoms with van der Waals surface area (Å²) >= 11 is 0. The zero-order chi connectivity index (χ0) is 26.7. The third kappa shape index (κ3) is 5.73. The summed E-state index contributed by atoms with van der Waals surface area (Å²) in [5.41, 5.74) is 2.70. The summed E-state index contributed by atoms with van der Waals surface area (Å²) in [4.78, 5) is 54.5. The maximum Gasteiger partial charge on any atom is 0.305 e. The van der Waals surface area contributed by atoms with E-state index in [4.69, 9.17) is 0 Å². The maximum absolute atomic E-state index is 14.2. The van der Waals surface area contributed by atoms with Crippen LogP contribution in [0.5, 0.6) is 0 Å². The number of nitrogens with zero attached hydrogens (tertiary/aromatic N) is 1. The van der Waals surface area contributed by atoms with E-state index in [-0.39, 0.29) is 36.5 Å². The predicted molar refractivity (Wildman–Crippen MR) is 135 cm³/mol. The second kappa shape index (κ2) is 11.2. The van der Waals surface area contributed by atoms with Crippen molar-refractivity contribution in [3.63, 3.8) is 0 Å². The molecule has 4 rings (SSSR count). The number of carbonyl (C=O) groups excluding carboxylic acids is 4. The van der Waals surface area contributed by atoms with Crippen LogP contribution in [0.3, 0.4) is 0 Å². The molecule has 3 atom stereocenters. The highest BCUT2D eigenvalue weighted by Gasteiger charge is 2.49. The van der Waals surface area contributed by atoms with E-state index in [9.17, 15) is 23.6 Å². The molecule has 1 heterocycles. The van der Waals surface area contributed by atoms with Gasteiger partial charge in [0.2, 0.25) is 11.8 Å². The van der Waals surface area contributed by atoms with Crippen molar-refractivity contribution in [1.82, 2.24) is 10.2 Å². The largest absolute Gasteiger partial charge is 0.469 e. The molecule has 2 amide bonds. The lowest BCUT2D eigenvalue weighted by atomic mass is 9.86. The summed E-state index contributed by atoms with van der Waals surface area (Å²) in [6.07, 6.45) is 1.32. The van der Waals surface area contributed by atoms with Crippen LogP contribution in [0, 0.1) is 17.7 Å². The molecule has 0 spiro atoms. The Bertz CT molecular complexity index is 1150. The molecule has 1 aliphatic heterocycles. The number of piperazine rings is 1. The number of ether oxygens (including phenoxy) is 1. The van der Waals surface area contributed by atoms with Crippen LogP contribution in [0.2, 0.25) is 0 Å². The van der Waals surface area contributed by atoms with Gasteiger partial charge in [-0.1, -0.05) is 50.2 Å². The molecule has 0 unspecified atom stereocenters. The molecule has 7 nitrogen and oxygen atoms in total. The first kappa shape index (κ1) is 26.5. The molecular formula is C29H33FN2O5. The van der Waals surface area contributed by atoms with Crippen molar-refractivity contribution >= 4 is 23.6 Å². The predicted octanol–water partition coefficient (Wildman–Crippen LogP) is 3.55. The molecule has 2 aromatic rings. The van der Waals surface area contributed by atoms with Crippen LogP contribution in [0.15, 0.2) is 48.5 Å². The van der Waals surface area contributed by atoms with Crippen LogP contribution >= 0.6 is 0 Å². The molecule has 37 heavy (non-hydrogen) atoms. The summed E-state index contributed by atoms with van der Waals surface area (Å²) < 4.78 is 18.5. The second-order valence-electron chi connectivity index (χ2n) is 10.3. The molecule has 2 aromatic carbocycles. The van der Waals surface area contributed by atoms with Gasteiger partial charge in [-0.05, 0) is 59.9 Å². The molecule has 0 saturated carbocycles. The van der Waals surface area contributed by atoms with Crippen LogP contribution < -0.4 is 5.32 Å². The van der Waals surface area contributed by atoms with Gasteiger partial charge in [0.1, 0.15) is 23.9 Å². The fraction of sp³-hybridized carbons (Fsp3) is 0.448. The van der Waals surface area contributed by atoms with Crippen LogP contribution in [-0.4, -0.2) is 47.7 Å². The normalized spacial score (nSPS) is 20.5. The number of fused-ring (bicyclic) bond motifs is 1. The number of carbonyl (C=O) groups is 4. The SMILES string of the molecule is COC(=O)CCC(=O)[C@@H](c1ccc(F)cc1)N1C(=O)[C@@H](C2Cc3ccccc3C2)NC(=O)[C@H]1CC(C)C. The Morgan fingerprint density at radius 3 is 2.22 bits per heavy atom. The fourth-order valence-corrected chi connectivity index (χ4v) is 5.48. The molecule has 1 fully saturated rings. The number of Topliss-reactive ketones (excluding diaryl/α,β-unsaturated/α-hetero) is 1. The number of methoxy groups -OCH3 is 1. The Labute approximate surface area is 216 Å². The van der Waals surface area contributed by atoms with E-state index in [1.54, 1.807) is 0 Å². The summed E-state index contributed by atoms with van der Waals surface area (Å²) in [7, 11) is 1.24. The van der Waals surface area contributed by atoms with E-state index in [1.807, 2.05) is 38.1 Å². The summed E-state index contributed by atoms with van der Waals surface area (Å²) in [5.74, 6) is -2.14. The zero-order valence-electron chi connectivity index (χ0n) is 21.4. The van der Waals surface area contributed by atoms with Gasteiger partial charge >= 0.3 is 5.97 Å². The number of hydrogen-bond donors (Lipinski definition) is 1. The lowest BCUT2D eigenvalue weighted by molar-refractivity contribution is -0.157. The zero-order valence-corrected chi connectivity index (χ0v) is 21.4. The van der Waals surface area contributed by atoms with Gasteiger partial charge in [-0.3, -0.25) is 19.2 Å². The average Bonchev–Trinajstić information content (AvgIpc) is 3.31. The molecule has 0 aromatic heterocycles. The molecule has 0 bridgehead atoms. The third-order valence-corrected chi connectivity index (χ3v) is 7.28. The minimum atomic E-state index is -1.13. The van der Waals surface area contributed by atoms with E-state index < -0.39 is 35.7 Å². The van der Waals surface area contributed by atoms with Crippen LogP contribution in [-0.2, 0) is 36.8 Å². The number of amides is 2. The van der Waals surface area contributed by atoms with E-state index in [0.29, 0.717) is 24.8 Å². The number of ketones is 1. The first-order valence-corrected chi connectivity index (χ1v) is 12.7. The van der Waals surface area contributed by atoms with Crippen LogP contribution in [0.1, 0.15) is 55.8 Å². The average molecular weight is 509 g/mol. The van der Waals surface area contributed by atoms with Gasteiger partial charge in [0, 0.05) is 6.42 Å². The second-order valence-corrected chi connectivity index (χ2v) is 10.3. The van der Waals surface area contributed by atoms with Crippen molar-refractivity contribution in [2.75, 3.05) is 7.11 Å². The molecule has 1 N–H and O–H groups in total. The number of benzene rings is 2. The molecule has 196 valence electrons. The molecule has 1 saturated heterocycles. The monoisotopic (exact) mass is 508 g/mol. The summed E-state index contributed by atoms with van der Waals surface area (Å²) in [6, 6.07) is 10.6. The highest BCUT2D eigenvalue weighted by Crippen LogP contribution is 2.36. The molecule has 1 aliphatic carbocycles. The minimum absolute atomic E-state index is 0.0670. The van der Waals surface area contributed by atoms with Crippen molar-refractivity contribution in [1.29, 1.82) is 0 Å². The standard InChI is InChI=1S/C29H33FN2O5/c1-17(2)14-23-28(35)31-26(21-15-19-6-4-5-7-20(19)16-21)29(36)32(23)27(18-8-10-22(30)11-9-18)24(33)12-13-25(34)37-3/h4-11,17,21,23,26-27H,12-16H2,1-3H3,(H,31,35)/t23-,26-,27-/m1/s1. The van der Waals surface area contributed by atoms with Crippen LogP contribution in [0.4, 0.5) is 4.39 Å². The Kier molecular flexibility index (Phi) is 8.05. The number of halogens is 1. The van der Waals surface area contributed by atoms with Gasteiger partial charge in [0.15, 0.2) is 5.78 Å². The van der Waals surface area contributed by atoms with Crippen molar-refractivity contribution in [2.45, 2.75) is 64.1 Å². The van der Waals surface area contributed by atoms with Gasteiger partial charge in [-0.2, -0.15) is 0 Å². The highest BCUT2D eigenvalue weighted by atomic mass is 19.1. The molecular weight excluding hydrogens is 475 g/mol. The summed E-state index contributed by atoms with van der Waals surface area (Å²) in [6.45, 7) is 3.89. The first-order valence-electron chi connectivity index (χ1n) is 12.7. The van der Waals surface area contributed by atoms with Gasteiger partial charge in [0.05, 0.1) is 13.5 Å².